The molecule has 0 bridgehead atoms. The van der Waals surface area contributed by atoms with E-state index in [0.29, 0.717) is 17.5 Å². The van der Waals surface area contributed by atoms with Gasteiger partial charge in [0, 0.05) is 60.7 Å². The molecule has 0 amide bonds. The van der Waals surface area contributed by atoms with Crippen molar-refractivity contribution in [1.82, 2.24) is 19.5 Å². The summed E-state index contributed by atoms with van der Waals surface area (Å²) in [5, 5.41) is 6.33. The van der Waals surface area contributed by atoms with Crippen molar-refractivity contribution in [2.45, 2.75) is 12.3 Å². The number of allylic oxidation sites excluding steroid dienone is 4. The maximum Gasteiger partial charge on any atom is 0.164 e. The van der Waals surface area contributed by atoms with Crippen LogP contribution in [0.3, 0.4) is 0 Å². The van der Waals surface area contributed by atoms with E-state index >= 15 is 0 Å². The van der Waals surface area contributed by atoms with Gasteiger partial charge in [0.15, 0.2) is 17.5 Å². The first-order chi connectivity index (χ1) is 37.2. The summed E-state index contributed by atoms with van der Waals surface area (Å²) in [6, 6.07) is 81.2. The average Bonchev–Trinajstić information content (AvgIpc) is 4.16. The van der Waals surface area contributed by atoms with Gasteiger partial charge in [0.25, 0.3) is 0 Å². The van der Waals surface area contributed by atoms with Crippen molar-refractivity contribution < 1.29 is 8.83 Å². The van der Waals surface area contributed by atoms with E-state index in [-0.39, 0.29) is 5.92 Å². The van der Waals surface area contributed by atoms with Crippen LogP contribution in [-0.2, 0) is 0 Å². The van der Waals surface area contributed by atoms with Crippen LogP contribution in [-0.4, -0.2) is 19.5 Å². The van der Waals surface area contributed by atoms with Crippen LogP contribution in [0.4, 0.5) is 0 Å². The molecule has 0 radical (unpaired) electrons. The second kappa shape index (κ2) is 17.4. The first-order valence-electron chi connectivity index (χ1n) is 25.5. The number of fused-ring (bicyclic) bond motifs is 10. The summed E-state index contributed by atoms with van der Waals surface area (Å²) in [5.41, 5.74) is 17.0. The molecular formula is C69H44N4O2. The zero-order chi connectivity index (χ0) is 49.4. The van der Waals surface area contributed by atoms with E-state index in [1.165, 1.54) is 5.56 Å². The van der Waals surface area contributed by atoms with Crippen LogP contribution in [0.15, 0.2) is 258 Å². The van der Waals surface area contributed by atoms with Gasteiger partial charge in [-0.05, 0) is 82.8 Å². The lowest BCUT2D eigenvalue weighted by Gasteiger charge is -2.21. The molecule has 0 spiro atoms. The van der Waals surface area contributed by atoms with Crippen LogP contribution in [0.25, 0.3) is 133 Å². The van der Waals surface area contributed by atoms with Gasteiger partial charge >= 0.3 is 0 Å². The van der Waals surface area contributed by atoms with E-state index in [9.17, 15) is 0 Å². The molecule has 1 aliphatic rings. The maximum absolute atomic E-state index is 7.04. The highest BCUT2D eigenvalue weighted by Crippen LogP contribution is 2.47. The summed E-state index contributed by atoms with van der Waals surface area (Å²) in [6.07, 6.45) is 7.57. The molecule has 1 aliphatic carbocycles. The van der Waals surface area contributed by atoms with Crippen molar-refractivity contribution in [2.75, 3.05) is 0 Å². The molecule has 352 valence electrons. The van der Waals surface area contributed by atoms with Crippen LogP contribution in [0.2, 0.25) is 0 Å². The minimum atomic E-state index is 0.271. The summed E-state index contributed by atoms with van der Waals surface area (Å²) in [6.45, 7) is 0. The minimum absolute atomic E-state index is 0.271. The highest BCUT2D eigenvalue weighted by atomic mass is 16.3. The van der Waals surface area contributed by atoms with Gasteiger partial charge < -0.3 is 13.4 Å². The molecule has 0 saturated heterocycles. The van der Waals surface area contributed by atoms with E-state index in [1.54, 1.807) is 0 Å². The molecule has 0 N–H and O–H groups in total. The number of furan rings is 2. The standard InChI is InChI=1S/C69H44N4O2/c1-5-17-43(18-6-1)45-29-33-49(34-30-45)67-70-68(50-35-31-46(32-36-50)44-19-7-2-8-20-44)72-69(71-67)51-39-55(47-21-9-3-10-22-47)65(56(40-51)48-23-11-4-12-24-48)73-59-27-15-13-26-54(59)64-60(73)38-37-53-58-42-62-57(41-63(58)75-66(53)64)52-25-14-16-28-61(52)74-62/h1-31,33-42,46H,32H2. The lowest BCUT2D eigenvalue weighted by atomic mass is 9.90. The summed E-state index contributed by atoms with van der Waals surface area (Å²) in [7, 11) is 0. The quantitative estimate of drug-likeness (QED) is 0.152. The molecular weight excluding hydrogens is 917 g/mol. The second-order valence-corrected chi connectivity index (χ2v) is 19.4. The number of hydrogen-bond donors (Lipinski definition) is 0. The minimum Gasteiger partial charge on any atom is -0.456 e. The Labute approximate surface area is 431 Å². The van der Waals surface area contributed by atoms with Crippen molar-refractivity contribution in [3.8, 4) is 61.8 Å². The van der Waals surface area contributed by atoms with E-state index in [0.717, 1.165) is 128 Å². The van der Waals surface area contributed by atoms with E-state index in [4.69, 9.17) is 23.8 Å². The fraction of sp³-hybridized carbons (Fsp3) is 0.0290. The number of benzene rings is 10. The summed E-state index contributed by atoms with van der Waals surface area (Å²) in [4.78, 5) is 16.0. The van der Waals surface area contributed by atoms with E-state index in [2.05, 4.69) is 235 Å². The first-order valence-corrected chi connectivity index (χ1v) is 25.5. The van der Waals surface area contributed by atoms with Gasteiger partial charge in [-0.3, -0.25) is 0 Å². The van der Waals surface area contributed by atoms with Gasteiger partial charge in [-0.25, -0.2) is 15.0 Å². The zero-order valence-electron chi connectivity index (χ0n) is 40.6. The van der Waals surface area contributed by atoms with Gasteiger partial charge in [-0.1, -0.05) is 200 Å². The molecule has 6 heteroatoms. The van der Waals surface area contributed by atoms with Crippen LogP contribution >= 0.6 is 0 Å². The largest absolute Gasteiger partial charge is 0.456 e. The molecule has 75 heavy (non-hydrogen) atoms. The Kier molecular flexibility index (Phi) is 9.91. The Morgan fingerprint density at radius 2 is 0.933 bits per heavy atom. The molecule has 4 aromatic heterocycles. The van der Waals surface area contributed by atoms with Crippen molar-refractivity contribution in [2.24, 2.45) is 0 Å². The fourth-order valence-corrected chi connectivity index (χ4v) is 11.4. The highest BCUT2D eigenvalue weighted by Gasteiger charge is 2.26. The normalized spacial score (nSPS) is 13.7. The summed E-state index contributed by atoms with van der Waals surface area (Å²) >= 11 is 0. The van der Waals surface area contributed by atoms with Crippen molar-refractivity contribution in [1.29, 1.82) is 0 Å². The van der Waals surface area contributed by atoms with Gasteiger partial charge in [0.2, 0.25) is 0 Å². The predicted octanol–water partition coefficient (Wildman–Crippen LogP) is 18.2. The molecule has 0 saturated carbocycles. The fourth-order valence-electron chi connectivity index (χ4n) is 11.4. The Hall–Kier alpha value is -9.91. The lowest BCUT2D eigenvalue weighted by Crippen LogP contribution is -2.06. The number of hydrogen-bond acceptors (Lipinski definition) is 5. The third-order valence-electron chi connectivity index (χ3n) is 15.0. The molecule has 15 rings (SSSR count). The van der Waals surface area contributed by atoms with Crippen LogP contribution in [0.1, 0.15) is 23.7 Å². The van der Waals surface area contributed by atoms with E-state index < -0.39 is 0 Å². The van der Waals surface area contributed by atoms with Crippen molar-refractivity contribution >= 4 is 71.3 Å². The molecule has 0 fully saturated rings. The SMILES string of the molecule is C1=CC(c2ccccc2)CC=C1c1nc(-c2ccc(-c3ccccc3)cc2)nc(-c2cc(-c3ccccc3)c(-n3c4ccccc4c4c5oc6cc7c(cc6c5ccc43)oc3ccccc37)c(-c3ccccc3)c2)n1. The Morgan fingerprint density at radius 3 is 1.61 bits per heavy atom. The van der Waals surface area contributed by atoms with Crippen LogP contribution in [0, 0.1) is 0 Å². The number of aromatic nitrogens is 4. The Balaban J connectivity index is 0.965. The van der Waals surface area contributed by atoms with Crippen molar-refractivity contribution in [3.63, 3.8) is 0 Å². The molecule has 10 aromatic carbocycles. The molecule has 1 atom stereocenters. The number of para-hydroxylation sites is 2. The zero-order valence-corrected chi connectivity index (χ0v) is 40.6. The smallest absolute Gasteiger partial charge is 0.164 e. The molecule has 4 heterocycles. The Morgan fingerprint density at radius 1 is 0.387 bits per heavy atom. The van der Waals surface area contributed by atoms with E-state index in [1.807, 2.05) is 18.2 Å². The van der Waals surface area contributed by atoms with Crippen LogP contribution < -0.4 is 0 Å². The Bertz CT molecular complexity index is 4530. The second-order valence-electron chi connectivity index (χ2n) is 19.4. The van der Waals surface area contributed by atoms with Gasteiger partial charge in [-0.2, -0.15) is 0 Å². The third-order valence-corrected chi connectivity index (χ3v) is 15.0. The van der Waals surface area contributed by atoms with Gasteiger partial charge in [-0.15, -0.1) is 0 Å². The first kappa shape index (κ1) is 42.7. The lowest BCUT2D eigenvalue weighted by molar-refractivity contribution is 0.665. The molecule has 0 aliphatic heterocycles. The maximum atomic E-state index is 7.04. The van der Waals surface area contributed by atoms with Gasteiger partial charge in [0.1, 0.15) is 22.3 Å². The summed E-state index contributed by atoms with van der Waals surface area (Å²) in [5.74, 6) is 2.11. The molecule has 14 aromatic rings. The third kappa shape index (κ3) is 7.21. The predicted molar refractivity (Wildman–Crippen MR) is 307 cm³/mol. The topological polar surface area (TPSA) is 69.9 Å². The monoisotopic (exact) mass is 960 g/mol. The van der Waals surface area contributed by atoms with Crippen molar-refractivity contribution in [3.05, 3.63) is 260 Å². The number of rotatable bonds is 8. The molecule has 6 nitrogen and oxygen atoms in total. The average molecular weight is 961 g/mol. The summed E-state index contributed by atoms with van der Waals surface area (Å²) < 4.78 is 15.9. The number of nitrogens with zero attached hydrogens (tertiary/aromatic N) is 4. The van der Waals surface area contributed by atoms with Gasteiger partial charge in [0.05, 0.1) is 22.1 Å². The van der Waals surface area contributed by atoms with Crippen LogP contribution in [0.5, 0.6) is 0 Å². The highest BCUT2D eigenvalue weighted by molar-refractivity contribution is 6.25. The molecule has 1 unspecified atom stereocenters.